The predicted molar refractivity (Wildman–Crippen MR) is 84.0 cm³/mol. The van der Waals surface area contributed by atoms with Crippen molar-refractivity contribution in [2.24, 2.45) is 5.73 Å². The summed E-state index contributed by atoms with van der Waals surface area (Å²) in [6.07, 6.45) is 5.96. The van der Waals surface area contributed by atoms with E-state index in [1.54, 1.807) is 0 Å². The van der Waals surface area contributed by atoms with Crippen LogP contribution in [0, 0.1) is 0 Å². The topological polar surface area (TPSA) is 52.8 Å². The second kappa shape index (κ2) is 6.63. The number of amides is 1. The molecular formula is C16H30N4O. The molecule has 0 saturated carbocycles. The van der Waals surface area contributed by atoms with Crippen molar-refractivity contribution in [2.45, 2.75) is 57.2 Å². The van der Waals surface area contributed by atoms with Gasteiger partial charge in [0.25, 0.3) is 0 Å². The molecule has 3 aliphatic rings. The van der Waals surface area contributed by atoms with Gasteiger partial charge in [-0.3, -0.25) is 14.6 Å². The fourth-order valence-electron chi connectivity index (χ4n) is 4.09. The average molecular weight is 294 g/mol. The zero-order valence-corrected chi connectivity index (χ0v) is 13.3. The molecule has 3 heterocycles. The minimum atomic E-state index is 0.322. The van der Waals surface area contributed by atoms with E-state index in [1.807, 2.05) is 0 Å². The summed E-state index contributed by atoms with van der Waals surface area (Å²) in [5, 5.41) is 0. The maximum absolute atomic E-state index is 12.7. The standard InChI is InChI=1S/C16H30N4O/c1-13-10-19-7-3-2-4-15(19)11-20(13)16(21)12-18-8-5-14(17)6-9-18/h13-15H,2-12,17H2,1H3. The van der Waals surface area contributed by atoms with E-state index in [0.717, 1.165) is 39.0 Å². The third-order valence-corrected chi connectivity index (χ3v) is 5.50. The minimum Gasteiger partial charge on any atom is -0.336 e. The first-order valence-electron chi connectivity index (χ1n) is 8.65. The molecule has 0 bridgehead atoms. The van der Waals surface area contributed by atoms with E-state index < -0.39 is 0 Å². The Kier molecular flexibility index (Phi) is 4.82. The summed E-state index contributed by atoms with van der Waals surface area (Å²) in [7, 11) is 0. The highest BCUT2D eigenvalue weighted by atomic mass is 16.2. The third kappa shape index (κ3) is 3.58. The average Bonchev–Trinajstić information content (AvgIpc) is 2.49. The van der Waals surface area contributed by atoms with E-state index in [1.165, 1.54) is 25.8 Å². The normalized spacial score (nSPS) is 33.0. The molecule has 0 aliphatic carbocycles. The van der Waals surface area contributed by atoms with Gasteiger partial charge in [0, 0.05) is 44.3 Å². The summed E-state index contributed by atoms with van der Waals surface area (Å²) in [5.41, 5.74) is 5.94. The number of fused-ring (bicyclic) bond motifs is 1. The van der Waals surface area contributed by atoms with Gasteiger partial charge in [-0.05, 0) is 39.2 Å². The first-order valence-corrected chi connectivity index (χ1v) is 8.65. The number of rotatable bonds is 2. The third-order valence-electron chi connectivity index (χ3n) is 5.50. The van der Waals surface area contributed by atoms with Crippen molar-refractivity contribution in [3.05, 3.63) is 0 Å². The van der Waals surface area contributed by atoms with E-state index in [2.05, 4.69) is 21.6 Å². The highest BCUT2D eigenvalue weighted by molar-refractivity contribution is 5.78. The Labute approximate surface area is 128 Å². The van der Waals surface area contributed by atoms with Crippen LogP contribution < -0.4 is 5.73 Å². The number of hydrogen-bond acceptors (Lipinski definition) is 4. The fourth-order valence-corrected chi connectivity index (χ4v) is 4.09. The number of piperidine rings is 2. The predicted octanol–water partition coefficient (Wildman–Crippen LogP) is 0.495. The maximum Gasteiger partial charge on any atom is 0.237 e. The Morgan fingerprint density at radius 2 is 1.86 bits per heavy atom. The van der Waals surface area contributed by atoms with Crippen molar-refractivity contribution < 1.29 is 4.79 Å². The van der Waals surface area contributed by atoms with E-state index in [9.17, 15) is 4.79 Å². The van der Waals surface area contributed by atoms with Crippen molar-refractivity contribution in [2.75, 3.05) is 39.3 Å². The molecule has 2 N–H and O–H groups in total. The van der Waals surface area contributed by atoms with Gasteiger partial charge in [-0.1, -0.05) is 6.42 Å². The van der Waals surface area contributed by atoms with Crippen LogP contribution in [-0.2, 0) is 4.79 Å². The van der Waals surface area contributed by atoms with E-state index in [-0.39, 0.29) is 0 Å². The summed E-state index contributed by atoms with van der Waals surface area (Å²) >= 11 is 0. The number of nitrogens with zero attached hydrogens (tertiary/aromatic N) is 3. The lowest BCUT2D eigenvalue weighted by Crippen LogP contribution is -2.61. The van der Waals surface area contributed by atoms with Gasteiger partial charge in [0.05, 0.1) is 6.54 Å². The van der Waals surface area contributed by atoms with Crippen LogP contribution >= 0.6 is 0 Å². The highest BCUT2D eigenvalue weighted by Crippen LogP contribution is 2.24. The maximum atomic E-state index is 12.7. The summed E-state index contributed by atoms with van der Waals surface area (Å²) in [4.78, 5) is 19.7. The van der Waals surface area contributed by atoms with Gasteiger partial charge in [-0.25, -0.2) is 0 Å². The molecule has 5 heteroatoms. The van der Waals surface area contributed by atoms with Crippen molar-refractivity contribution in [3.8, 4) is 0 Å². The molecular weight excluding hydrogens is 264 g/mol. The van der Waals surface area contributed by atoms with Crippen molar-refractivity contribution in [3.63, 3.8) is 0 Å². The number of hydrogen-bond donors (Lipinski definition) is 1. The largest absolute Gasteiger partial charge is 0.336 e. The van der Waals surface area contributed by atoms with E-state index in [0.29, 0.717) is 30.6 Å². The van der Waals surface area contributed by atoms with Crippen LogP contribution in [-0.4, -0.2) is 78.0 Å². The fraction of sp³-hybridized carbons (Fsp3) is 0.938. The highest BCUT2D eigenvalue weighted by Gasteiger charge is 2.35. The zero-order chi connectivity index (χ0) is 14.8. The van der Waals surface area contributed by atoms with E-state index in [4.69, 9.17) is 5.73 Å². The zero-order valence-electron chi connectivity index (χ0n) is 13.3. The number of nitrogens with two attached hydrogens (primary N) is 1. The number of carbonyl (C=O) groups excluding carboxylic acids is 1. The van der Waals surface area contributed by atoms with Crippen LogP contribution in [0.3, 0.4) is 0 Å². The Bertz CT molecular complexity index is 367. The van der Waals surface area contributed by atoms with Gasteiger partial charge in [0.1, 0.15) is 0 Å². The first kappa shape index (κ1) is 15.3. The van der Waals surface area contributed by atoms with Gasteiger partial charge < -0.3 is 10.6 Å². The molecule has 2 atom stereocenters. The minimum absolute atomic E-state index is 0.322. The Morgan fingerprint density at radius 3 is 2.62 bits per heavy atom. The molecule has 21 heavy (non-hydrogen) atoms. The molecule has 2 unspecified atom stereocenters. The SMILES string of the molecule is CC1CN2CCCCC2CN1C(=O)CN1CCC(N)CC1. The number of likely N-dealkylation sites (tertiary alicyclic amines) is 1. The molecule has 0 aromatic rings. The molecule has 0 spiro atoms. The van der Waals surface area contributed by atoms with Gasteiger partial charge in [0.2, 0.25) is 5.91 Å². The van der Waals surface area contributed by atoms with Crippen molar-refractivity contribution in [1.82, 2.24) is 14.7 Å². The number of piperazine rings is 1. The second-order valence-electron chi connectivity index (χ2n) is 7.15. The molecule has 3 aliphatic heterocycles. The summed E-state index contributed by atoms with van der Waals surface area (Å²) in [6.45, 7) is 7.96. The van der Waals surface area contributed by atoms with E-state index >= 15 is 0 Å². The Hall–Kier alpha value is -0.650. The molecule has 1 amide bonds. The molecule has 0 aromatic carbocycles. The number of carbonyl (C=O) groups is 1. The van der Waals surface area contributed by atoms with Crippen LogP contribution in [0.2, 0.25) is 0 Å². The van der Waals surface area contributed by atoms with Crippen LogP contribution in [0.5, 0.6) is 0 Å². The Balaban J connectivity index is 1.54. The summed E-state index contributed by atoms with van der Waals surface area (Å²) in [5.74, 6) is 0.322. The van der Waals surface area contributed by atoms with Gasteiger partial charge in [0.15, 0.2) is 0 Å². The lowest BCUT2D eigenvalue weighted by Gasteiger charge is -2.48. The molecule has 120 valence electrons. The molecule has 0 radical (unpaired) electrons. The molecule has 0 aromatic heterocycles. The monoisotopic (exact) mass is 294 g/mol. The molecule has 3 saturated heterocycles. The lowest BCUT2D eigenvalue weighted by molar-refractivity contribution is -0.139. The molecule has 3 rings (SSSR count). The summed E-state index contributed by atoms with van der Waals surface area (Å²) < 4.78 is 0. The smallest absolute Gasteiger partial charge is 0.237 e. The van der Waals surface area contributed by atoms with Gasteiger partial charge >= 0.3 is 0 Å². The molecule has 5 nitrogen and oxygen atoms in total. The summed E-state index contributed by atoms with van der Waals surface area (Å²) in [6, 6.07) is 1.30. The van der Waals surface area contributed by atoms with Crippen LogP contribution in [0.25, 0.3) is 0 Å². The quantitative estimate of drug-likeness (QED) is 0.805. The van der Waals surface area contributed by atoms with Crippen LogP contribution in [0.1, 0.15) is 39.0 Å². The van der Waals surface area contributed by atoms with Gasteiger partial charge in [-0.2, -0.15) is 0 Å². The molecule has 3 fully saturated rings. The lowest BCUT2D eigenvalue weighted by atomic mass is 9.97. The van der Waals surface area contributed by atoms with Crippen molar-refractivity contribution >= 4 is 5.91 Å². The van der Waals surface area contributed by atoms with Crippen LogP contribution in [0.4, 0.5) is 0 Å². The van der Waals surface area contributed by atoms with Gasteiger partial charge in [-0.15, -0.1) is 0 Å². The Morgan fingerprint density at radius 1 is 1.10 bits per heavy atom. The second-order valence-corrected chi connectivity index (χ2v) is 7.15. The first-order chi connectivity index (χ1) is 10.1. The van der Waals surface area contributed by atoms with Crippen LogP contribution in [0.15, 0.2) is 0 Å². The van der Waals surface area contributed by atoms with Crippen molar-refractivity contribution in [1.29, 1.82) is 0 Å².